The van der Waals surface area contributed by atoms with Crippen LogP contribution in [0.3, 0.4) is 0 Å². The van der Waals surface area contributed by atoms with Crippen LogP contribution in [0.5, 0.6) is 5.75 Å². The van der Waals surface area contributed by atoms with Gasteiger partial charge in [0.2, 0.25) is 0 Å². The summed E-state index contributed by atoms with van der Waals surface area (Å²) in [6, 6.07) is 8.13. The van der Waals surface area contributed by atoms with Gasteiger partial charge in [0.25, 0.3) is 0 Å². The van der Waals surface area contributed by atoms with Crippen molar-refractivity contribution in [2.75, 3.05) is 0 Å². The molecule has 0 amide bonds. The molecule has 0 radical (unpaired) electrons. The highest BCUT2D eigenvalue weighted by molar-refractivity contribution is 6.31. The van der Waals surface area contributed by atoms with Crippen LogP contribution in [-0.2, 0) is 0 Å². The van der Waals surface area contributed by atoms with Gasteiger partial charge in [-0.3, -0.25) is 0 Å². The van der Waals surface area contributed by atoms with Crippen LogP contribution in [0, 0.1) is 35.5 Å². The third-order valence-corrected chi connectivity index (χ3v) is 5.02. The monoisotopic (exact) mass is 305 g/mol. The lowest BCUT2D eigenvalue weighted by molar-refractivity contribution is 0.0493. The fourth-order valence-corrected chi connectivity index (χ4v) is 3.18. The Labute approximate surface area is 133 Å². The summed E-state index contributed by atoms with van der Waals surface area (Å²) in [7, 11) is 0. The second-order valence-electron chi connectivity index (χ2n) is 7.18. The minimum Gasteiger partial charge on any atom is -0.489 e. The van der Waals surface area contributed by atoms with E-state index in [0.29, 0.717) is 5.92 Å². The smallest absolute Gasteiger partial charge is 0.120 e. The Balaban J connectivity index is 2.14. The van der Waals surface area contributed by atoms with Crippen molar-refractivity contribution < 1.29 is 4.74 Å². The third-order valence-electron chi connectivity index (χ3n) is 4.60. The summed E-state index contributed by atoms with van der Waals surface area (Å²) in [4.78, 5) is 0. The highest BCUT2D eigenvalue weighted by atomic mass is 35.5. The van der Waals surface area contributed by atoms with Gasteiger partial charge in [-0.05, 0) is 61.3 Å². The summed E-state index contributed by atoms with van der Waals surface area (Å²) >= 11 is 6.05. The first-order valence-electron chi connectivity index (χ1n) is 7.63. The average molecular weight is 306 g/mol. The van der Waals surface area contributed by atoms with Gasteiger partial charge in [0.05, 0.1) is 12.0 Å². The topological polar surface area (TPSA) is 33.0 Å². The number of nitriles is 1. The standard InChI is InChI=1S/C18H24ClNO/c1-12-9-15(7-8-16(12)19)21-17-10-14(18(2,3)4)6-5-13(17)11-20/h7-9,13-14,17H,5-6,10H2,1-4H3. The molecule has 114 valence electrons. The number of rotatable bonds is 2. The molecule has 0 saturated heterocycles. The Morgan fingerprint density at radius 1 is 1.29 bits per heavy atom. The van der Waals surface area contributed by atoms with Gasteiger partial charge in [-0.25, -0.2) is 0 Å². The van der Waals surface area contributed by atoms with E-state index >= 15 is 0 Å². The van der Waals surface area contributed by atoms with Crippen LogP contribution in [0.15, 0.2) is 18.2 Å². The molecule has 0 heterocycles. The highest BCUT2D eigenvalue weighted by Gasteiger charge is 2.37. The zero-order valence-electron chi connectivity index (χ0n) is 13.3. The quantitative estimate of drug-likeness (QED) is 0.734. The summed E-state index contributed by atoms with van der Waals surface area (Å²) in [5.41, 5.74) is 1.27. The number of hydrogen-bond acceptors (Lipinski definition) is 2. The van der Waals surface area contributed by atoms with E-state index < -0.39 is 0 Å². The Morgan fingerprint density at radius 3 is 2.57 bits per heavy atom. The first-order valence-corrected chi connectivity index (χ1v) is 8.01. The lowest BCUT2D eigenvalue weighted by Gasteiger charge is -2.39. The summed E-state index contributed by atoms with van der Waals surface area (Å²) < 4.78 is 6.14. The first-order chi connectivity index (χ1) is 9.81. The highest BCUT2D eigenvalue weighted by Crippen LogP contribution is 2.41. The average Bonchev–Trinajstić information content (AvgIpc) is 2.42. The van der Waals surface area contributed by atoms with Gasteiger partial charge in [0.15, 0.2) is 0 Å². The molecule has 3 unspecified atom stereocenters. The third kappa shape index (κ3) is 3.92. The van der Waals surface area contributed by atoms with E-state index in [0.717, 1.165) is 35.6 Å². The second kappa shape index (κ2) is 6.28. The molecule has 1 saturated carbocycles. The SMILES string of the molecule is Cc1cc(OC2CC(C(C)(C)C)CCC2C#N)ccc1Cl. The molecule has 2 nitrogen and oxygen atoms in total. The van der Waals surface area contributed by atoms with Gasteiger partial charge in [0.1, 0.15) is 11.9 Å². The maximum absolute atomic E-state index is 9.38. The van der Waals surface area contributed by atoms with Crippen molar-refractivity contribution in [1.82, 2.24) is 0 Å². The van der Waals surface area contributed by atoms with Crippen LogP contribution in [0.4, 0.5) is 0 Å². The molecule has 0 aliphatic heterocycles. The molecule has 0 spiro atoms. The molecule has 1 aromatic carbocycles. The molecule has 1 fully saturated rings. The van der Waals surface area contributed by atoms with E-state index in [1.165, 1.54) is 0 Å². The largest absolute Gasteiger partial charge is 0.489 e. The van der Waals surface area contributed by atoms with Crippen molar-refractivity contribution in [3.05, 3.63) is 28.8 Å². The van der Waals surface area contributed by atoms with Crippen molar-refractivity contribution in [2.45, 2.75) is 53.1 Å². The maximum Gasteiger partial charge on any atom is 0.120 e. The van der Waals surface area contributed by atoms with Crippen LogP contribution in [-0.4, -0.2) is 6.10 Å². The lowest BCUT2D eigenvalue weighted by Crippen LogP contribution is -2.37. The van der Waals surface area contributed by atoms with E-state index in [1.54, 1.807) is 0 Å². The van der Waals surface area contributed by atoms with E-state index in [-0.39, 0.29) is 17.4 Å². The van der Waals surface area contributed by atoms with Crippen molar-refractivity contribution >= 4 is 11.6 Å². The van der Waals surface area contributed by atoms with Gasteiger partial charge in [-0.15, -0.1) is 0 Å². The maximum atomic E-state index is 9.38. The molecular formula is C18H24ClNO. The summed E-state index contributed by atoms with van der Waals surface area (Å²) in [6.07, 6.45) is 2.97. The van der Waals surface area contributed by atoms with Gasteiger partial charge < -0.3 is 4.74 Å². The molecule has 0 bridgehead atoms. The van der Waals surface area contributed by atoms with Gasteiger partial charge in [0, 0.05) is 5.02 Å². The van der Waals surface area contributed by atoms with Crippen molar-refractivity contribution in [1.29, 1.82) is 5.26 Å². The van der Waals surface area contributed by atoms with Crippen LogP contribution in [0.25, 0.3) is 0 Å². The Morgan fingerprint density at radius 2 is 2.00 bits per heavy atom. The first kappa shape index (κ1) is 16.2. The molecule has 0 aromatic heterocycles. The molecule has 3 atom stereocenters. The van der Waals surface area contributed by atoms with Crippen LogP contribution in [0.2, 0.25) is 5.02 Å². The predicted molar refractivity (Wildman–Crippen MR) is 86.5 cm³/mol. The normalized spacial score (nSPS) is 26.2. The lowest BCUT2D eigenvalue weighted by atomic mass is 9.69. The van der Waals surface area contributed by atoms with Gasteiger partial charge in [-0.2, -0.15) is 5.26 Å². The fraction of sp³-hybridized carbons (Fsp3) is 0.611. The summed E-state index contributed by atoms with van der Waals surface area (Å²) in [6.45, 7) is 8.78. The van der Waals surface area contributed by atoms with E-state index in [1.807, 2.05) is 25.1 Å². The summed E-state index contributed by atoms with van der Waals surface area (Å²) in [5, 5.41) is 10.1. The molecule has 1 aliphatic rings. The van der Waals surface area contributed by atoms with E-state index in [2.05, 4.69) is 26.8 Å². The summed E-state index contributed by atoms with van der Waals surface area (Å²) in [5.74, 6) is 1.40. The number of benzene rings is 1. The van der Waals surface area contributed by atoms with E-state index in [4.69, 9.17) is 16.3 Å². The fourth-order valence-electron chi connectivity index (χ4n) is 3.06. The van der Waals surface area contributed by atoms with Gasteiger partial charge in [-0.1, -0.05) is 32.4 Å². The zero-order valence-corrected chi connectivity index (χ0v) is 14.1. The molecular weight excluding hydrogens is 282 g/mol. The van der Waals surface area contributed by atoms with Crippen LogP contribution >= 0.6 is 11.6 Å². The van der Waals surface area contributed by atoms with Crippen molar-refractivity contribution in [3.8, 4) is 11.8 Å². The number of nitrogens with zero attached hydrogens (tertiary/aromatic N) is 1. The number of ether oxygens (including phenoxy) is 1. The Bertz CT molecular complexity index is 541. The molecule has 2 rings (SSSR count). The number of hydrogen-bond donors (Lipinski definition) is 0. The molecule has 1 aromatic rings. The zero-order chi connectivity index (χ0) is 15.6. The minimum atomic E-state index is -0.0199. The Hall–Kier alpha value is -1.20. The predicted octanol–water partition coefficient (Wildman–Crippen LogP) is 5.38. The van der Waals surface area contributed by atoms with Gasteiger partial charge >= 0.3 is 0 Å². The van der Waals surface area contributed by atoms with E-state index in [9.17, 15) is 5.26 Å². The Kier molecular flexibility index (Phi) is 4.84. The number of halogens is 1. The van der Waals surface area contributed by atoms with Crippen LogP contribution in [0.1, 0.15) is 45.6 Å². The number of aryl methyl sites for hydroxylation is 1. The molecule has 3 heteroatoms. The molecule has 1 aliphatic carbocycles. The molecule has 21 heavy (non-hydrogen) atoms. The molecule has 0 N–H and O–H groups in total. The minimum absolute atomic E-state index is 0.0143. The second-order valence-corrected chi connectivity index (χ2v) is 7.59. The van der Waals surface area contributed by atoms with Crippen molar-refractivity contribution in [3.63, 3.8) is 0 Å². The van der Waals surface area contributed by atoms with Crippen LogP contribution < -0.4 is 4.74 Å². The van der Waals surface area contributed by atoms with Crippen molar-refractivity contribution in [2.24, 2.45) is 17.3 Å².